The molecule has 0 saturated carbocycles. The Balaban J connectivity index is 2.11. The van der Waals surface area contributed by atoms with Gasteiger partial charge in [0.2, 0.25) is 0 Å². The van der Waals surface area contributed by atoms with E-state index in [1.165, 1.54) is 19.3 Å². The molecule has 1 fully saturated rings. The molecular formula is C19H40N2O2. The molecule has 0 spiro atoms. The first-order valence-corrected chi connectivity index (χ1v) is 9.35. The quantitative estimate of drug-likeness (QED) is 0.590. The summed E-state index contributed by atoms with van der Waals surface area (Å²) in [5, 5.41) is 3.66. The molecule has 0 radical (unpaired) electrons. The molecule has 138 valence electrons. The van der Waals surface area contributed by atoms with Gasteiger partial charge in [0.25, 0.3) is 0 Å². The molecule has 1 aliphatic heterocycles. The molecule has 1 saturated heterocycles. The zero-order valence-corrected chi connectivity index (χ0v) is 16.4. The summed E-state index contributed by atoms with van der Waals surface area (Å²) < 4.78 is 10.9. The molecule has 4 heteroatoms. The maximum Gasteiger partial charge on any atom is 0.0622 e. The van der Waals surface area contributed by atoms with Crippen LogP contribution in [-0.4, -0.2) is 62.5 Å². The first-order chi connectivity index (χ1) is 10.8. The molecular weight excluding hydrogens is 288 g/mol. The molecule has 0 aliphatic carbocycles. The van der Waals surface area contributed by atoms with Gasteiger partial charge in [-0.3, -0.25) is 4.90 Å². The lowest BCUT2D eigenvalue weighted by Gasteiger charge is -2.41. The normalized spacial score (nSPS) is 19.0. The summed E-state index contributed by atoms with van der Waals surface area (Å²) in [5.74, 6) is 0.779. The second kappa shape index (κ2) is 9.97. The van der Waals surface area contributed by atoms with Crippen molar-refractivity contribution in [2.75, 3.05) is 46.5 Å². The van der Waals surface area contributed by atoms with Gasteiger partial charge in [0.15, 0.2) is 0 Å². The standard InChI is InChI=1S/C19H40N2O2/c1-17(8-7-10-19(4,5)22-6)9-11-20-16-18(2,3)21-12-14-23-15-13-21/h17,20H,7-16H2,1-6H3. The van der Waals surface area contributed by atoms with Crippen molar-refractivity contribution in [2.24, 2.45) is 5.92 Å². The summed E-state index contributed by atoms with van der Waals surface area (Å²) in [5.41, 5.74) is 0.246. The highest BCUT2D eigenvalue weighted by Crippen LogP contribution is 2.20. The minimum Gasteiger partial charge on any atom is -0.379 e. The minimum absolute atomic E-state index is 0.0279. The van der Waals surface area contributed by atoms with Crippen LogP contribution in [0, 0.1) is 5.92 Å². The summed E-state index contributed by atoms with van der Waals surface area (Å²) in [6.07, 6.45) is 4.94. The molecule has 4 nitrogen and oxygen atoms in total. The van der Waals surface area contributed by atoms with Gasteiger partial charge in [-0.25, -0.2) is 0 Å². The van der Waals surface area contributed by atoms with Crippen LogP contribution in [0.3, 0.4) is 0 Å². The molecule has 1 rings (SSSR count). The summed E-state index contributed by atoms with van der Waals surface area (Å²) in [4.78, 5) is 2.54. The van der Waals surface area contributed by atoms with Crippen LogP contribution in [0.5, 0.6) is 0 Å². The molecule has 23 heavy (non-hydrogen) atoms. The molecule has 0 aromatic heterocycles. The Labute approximate surface area is 144 Å². The highest BCUT2D eigenvalue weighted by Gasteiger charge is 2.27. The van der Waals surface area contributed by atoms with Crippen LogP contribution < -0.4 is 5.32 Å². The van der Waals surface area contributed by atoms with Crippen LogP contribution in [0.4, 0.5) is 0 Å². The lowest BCUT2D eigenvalue weighted by atomic mass is 9.95. The predicted octanol–water partition coefficient (Wildman–Crippen LogP) is 3.31. The summed E-state index contributed by atoms with van der Waals surface area (Å²) in [6, 6.07) is 0. The van der Waals surface area contributed by atoms with E-state index in [0.717, 1.165) is 51.7 Å². The molecule has 1 unspecified atom stereocenters. The van der Waals surface area contributed by atoms with Crippen molar-refractivity contribution < 1.29 is 9.47 Å². The summed E-state index contributed by atoms with van der Waals surface area (Å²) >= 11 is 0. The summed E-state index contributed by atoms with van der Waals surface area (Å²) in [6.45, 7) is 17.4. The van der Waals surface area contributed by atoms with Crippen molar-refractivity contribution in [2.45, 2.75) is 71.4 Å². The lowest BCUT2D eigenvalue weighted by molar-refractivity contribution is -0.00960. The Hall–Kier alpha value is -0.160. The lowest BCUT2D eigenvalue weighted by Crippen LogP contribution is -2.54. The van der Waals surface area contributed by atoms with Crippen molar-refractivity contribution >= 4 is 0 Å². The van der Waals surface area contributed by atoms with E-state index in [4.69, 9.17) is 9.47 Å². The Morgan fingerprint density at radius 2 is 1.78 bits per heavy atom. The molecule has 0 aromatic rings. The van der Waals surface area contributed by atoms with Gasteiger partial charge in [-0.15, -0.1) is 0 Å². The van der Waals surface area contributed by atoms with Crippen LogP contribution in [0.25, 0.3) is 0 Å². The molecule has 1 atom stereocenters. The maximum atomic E-state index is 5.49. The molecule has 0 amide bonds. The SMILES string of the molecule is COC(C)(C)CCCC(C)CCNCC(C)(C)N1CCOCC1. The van der Waals surface area contributed by atoms with Crippen LogP contribution >= 0.6 is 0 Å². The molecule has 0 bridgehead atoms. The molecule has 1 heterocycles. The van der Waals surface area contributed by atoms with Gasteiger partial charge in [0.05, 0.1) is 18.8 Å². The number of nitrogens with zero attached hydrogens (tertiary/aromatic N) is 1. The number of methoxy groups -OCH3 is 1. The van der Waals surface area contributed by atoms with Gasteiger partial charge >= 0.3 is 0 Å². The first kappa shape index (κ1) is 20.9. The third kappa shape index (κ3) is 8.48. The van der Waals surface area contributed by atoms with Gasteiger partial charge in [0.1, 0.15) is 0 Å². The van der Waals surface area contributed by atoms with Crippen LogP contribution in [0.2, 0.25) is 0 Å². The molecule has 1 N–H and O–H groups in total. The fourth-order valence-electron chi connectivity index (χ4n) is 3.15. The smallest absolute Gasteiger partial charge is 0.0622 e. The van der Waals surface area contributed by atoms with Gasteiger partial charge in [-0.05, 0) is 53.0 Å². The number of nitrogens with one attached hydrogen (secondary N) is 1. The van der Waals surface area contributed by atoms with E-state index in [1.807, 2.05) is 7.11 Å². The second-order valence-electron chi connectivity index (χ2n) is 8.34. The molecule has 1 aliphatic rings. The van der Waals surface area contributed by atoms with E-state index in [9.17, 15) is 0 Å². The third-order valence-electron chi connectivity index (χ3n) is 5.27. The predicted molar refractivity (Wildman–Crippen MR) is 98.1 cm³/mol. The summed E-state index contributed by atoms with van der Waals surface area (Å²) in [7, 11) is 1.81. The van der Waals surface area contributed by atoms with E-state index in [0.29, 0.717) is 0 Å². The van der Waals surface area contributed by atoms with Gasteiger partial charge in [0, 0.05) is 32.3 Å². The van der Waals surface area contributed by atoms with Crippen molar-refractivity contribution in [3.8, 4) is 0 Å². The highest BCUT2D eigenvalue weighted by molar-refractivity contribution is 4.85. The van der Waals surface area contributed by atoms with Crippen LogP contribution in [0.15, 0.2) is 0 Å². The number of hydrogen-bond donors (Lipinski definition) is 1. The van der Waals surface area contributed by atoms with Gasteiger partial charge in [-0.1, -0.05) is 19.8 Å². The second-order valence-corrected chi connectivity index (χ2v) is 8.34. The number of hydrogen-bond acceptors (Lipinski definition) is 4. The monoisotopic (exact) mass is 328 g/mol. The maximum absolute atomic E-state index is 5.49. The van der Waals surface area contributed by atoms with Crippen LogP contribution in [0.1, 0.15) is 60.3 Å². The van der Waals surface area contributed by atoms with E-state index < -0.39 is 0 Å². The number of morpholine rings is 1. The Bertz CT molecular complexity index is 312. The minimum atomic E-state index is 0.0279. The van der Waals surface area contributed by atoms with Crippen molar-refractivity contribution in [1.29, 1.82) is 0 Å². The molecule has 0 aromatic carbocycles. The zero-order valence-electron chi connectivity index (χ0n) is 16.4. The van der Waals surface area contributed by atoms with E-state index >= 15 is 0 Å². The third-order valence-corrected chi connectivity index (χ3v) is 5.27. The average Bonchev–Trinajstić information content (AvgIpc) is 2.52. The fourth-order valence-corrected chi connectivity index (χ4v) is 3.15. The number of rotatable bonds is 11. The first-order valence-electron chi connectivity index (χ1n) is 9.35. The van der Waals surface area contributed by atoms with E-state index in [-0.39, 0.29) is 11.1 Å². The number of ether oxygens (including phenoxy) is 2. The van der Waals surface area contributed by atoms with Crippen LogP contribution in [-0.2, 0) is 9.47 Å². The van der Waals surface area contributed by atoms with Crippen molar-refractivity contribution in [3.05, 3.63) is 0 Å². The fraction of sp³-hybridized carbons (Fsp3) is 1.00. The average molecular weight is 329 g/mol. The van der Waals surface area contributed by atoms with Crippen molar-refractivity contribution in [3.63, 3.8) is 0 Å². The largest absolute Gasteiger partial charge is 0.379 e. The Kier molecular flexibility index (Phi) is 9.06. The van der Waals surface area contributed by atoms with Crippen molar-refractivity contribution in [1.82, 2.24) is 10.2 Å². The van der Waals surface area contributed by atoms with E-state index in [1.54, 1.807) is 0 Å². The zero-order chi connectivity index (χ0) is 17.3. The van der Waals surface area contributed by atoms with Gasteiger partial charge < -0.3 is 14.8 Å². The van der Waals surface area contributed by atoms with Gasteiger partial charge in [-0.2, -0.15) is 0 Å². The van der Waals surface area contributed by atoms with E-state index in [2.05, 4.69) is 44.8 Å². The Morgan fingerprint density at radius 1 is 1.13 bits per heavy atom. The Morgan fingerprint density at radius 3 is 2.39 bits per heavy atom. The topological polar surface area (TPSA) is 33.7 Å². The highest BCUT2D eigenvalue weighted by atomic mass is 16.5.